The summed E-state index contributed by atoms with van der Waals surface area (Å²) in [7, 11) is 1.59. The highest BCUT2D eigenvalue weighted by molar-refractivity contribution is 7.99. The van der Waals surface area contributed by atoms with Crippen molar-refractivity contribution in [3.05, 3.63) is 35.5 Å². The van der Waals surface area contributed by atoms with Crippen molar-refractivity contribution >= 4 is 29.3 Å². The second-order valence-electron chi connectivity index (χ2n) is 4.13. The number of oxazole rings is 1. The number of rotatable bonds is 7. The third-order valence-electron chi connectivity index (χ3n) is 2.57. The molecule has 0 unspecified atom stereocenters. The van der Waals surface area contributed by atoms with Crippen LogP contribution in [0.5, 0.6) is 0 Å². The number of ether oxygens (including phenoxy) is 1. The van der Waals surface area contributed by atoms with Crippen molar-refractivity contribution in [3.63, 3.8) is 0 Å². The highest BCUT2D eigenvalue weighted by atomic mass is 35.5. The highest BCUT2D eigenvalue weighted by Crippen LogP contribution is 2.26. The summed E-state index contributed by atoms with van der Waals surface area (Å²) < 4.78 is 10.4. The molecule has 7 heteroatoms. The second-order valence-corrected chi connectivity index (χ2v) is 5.49. The van der Waals surface area contributed by atoms with Gasteiger partial charge in [0.1, 0.15) is 0 Å². The normalized spacial score (nSPS) is 10.6. The third kappa shape index (κ3) is 5.08. The van der Waals surface area contributed by atoms with Gasteiger partial charge in [0.25, 0.3) is 5.22 Å². The van der Waals surface area contributed by atoms with Gasteiger partial charge in [0.05, 0.1) is 18.6 Å². The Bertz CT molecular complexity index is 586. The van der Waals surface area contributed by atoms with Gasteiger partial charge < -0.3 is 14.5 Å². The fourth-order valence-electron chi connectivity index (χ4n) is 1.54. The average molecular weight is 327 g/mol. The fourth-order valence-corrected chi connectivity index (χ4v) is 2.30. The van der Waals surface area contributed by atoms with Crippen LogP contribution in [0.25, 0.3) is 11.3 Å². The number of carbonyl (C=O) groups excluding carboxylic acids is 1. The molecule has 0 aliphatic rings. The van der Waals surface area contributed by atoms with Crippen LogP contribution in [0.1, 0.15) is 0 Å². The maximum absolute atomic E-state index is 11.5. The van der Waals surface area contributed by atoms with Gasteiger partial charge in [-0.15, -0.1) is 0 Å². The number of methoxy groups -OCH3 is 1. The molecule has 0 bridgehead atoms. The summed E-state index contributed by atoms with van der Waals surface area (Å²) in [6.45, 7) is 0.994. The van der Waals surface area contributed by atoms with E-state index in [9.17, 15) is 4.79 Å². The minimum absolute atomic E-state index is 0.0803. The molecule has 1 aromatic heterocycles. The molecule has 1 heterocycles. The van der Waals surface area contributed by atoms with Crippen LogP contribution in [-0.2, 0) is 9.53 Å². The zero-order chi connectivity index (χ0) is 15.1. The number of amides is 1. The lowest BCUT2D eigenvalue weighted by molar-refractivity contribution is -0.118. The molecule has 1 aromatic carbocycles. The summed E-state index contributed by atoms with van der Waals surface area (Å²) in [6, 6.07) is 7.29. The SMILES string of the molecule is COCCNC(=O)CSc1ncc(-c2ccc(Cl)cc2)o1. The Hall–Kier alpha value is -1.50. The van der Waals surface area contributed by atoms with E-state index in [0.29, 0.717) is 29.2 Å². The summed E-state index contributed by atoms with van der Waals surface area (Å²) in [5, 5.41) is 3.86. The maximum Gasteiger partial charge on any atom is 0.256 e. The van der Waals surface area contributed by atoms with E-state index in [1.165, 1.54) is 11.8 Å². The van der Waals surface area contributed by atoms with Gasteiger partial charge in [0.15, 0.2) is 5.76 Å². The summed E-state index contributed by atoms with van der Waals surface area (Å²) in [5.41, 5.74) is 0.892. The molecule has 1 amide bonds. The number of hydrogen-bond donors (Lipinski definition) is 1. The topological polar surface area (TPSA) is 64.4 Å². The smallest absolute Gasteiger partial charge is 0.256 e. The lowest BCUT2D eigenvalue weighted by Crippen LogP contribution is -2.28. The van der Waals surface area contributed by atoms with Crippen LogP contribution in [0.2, 0.25) is 5.02 Å². The van der Waals surface area contributed by atoms with Gasteiger partial charge in [-0.05, 0) is 24.3 Å². The molecule has 0 atom stereocenters. The molecule has 2 rings (SSSR count). The van der Waals surface area contributed by atoms with E-state index < -0.39 is 0 Å². The van der Waals surface area contributed by atoms with Gasteiger partial charge in [0.2, 0.25) is 5.91 Å². The Balaban J connectivity index is 1.86. The molecule has 0 aliphatic heterocycles. The predicted molar refractivity (Wildman–Crippen MR) is 82.6 cm³/mol. The molecule has 0 saturated heterocycles. The number of benzene rings is 1. The monoisotopic (exact) mass is 326 g/mol. The summed E-state index contributed by atoms with van der Waals surface area (Å²) in [5.74, 6) is 0.821. The van der Waals surface area contributed by atoms with Gasteiger partial charge >= 0.3 is 0 Å². The Morgan fingerprint density at radius 2 is 2.19 bits per heavy atom. The highest BCUT2D eigenvalue weighted by Gasteiger charge is 2.09. The largest absolute Gasteiger partial charge is 0.431 e. The van der Waals surface area contributed by atoms with Crippen molar-refractivity contribution in [1.82, 2.24) is 10.3 Å². The Morgan fingerprint density at radius 3 is 2.90 bits per heavy atom. The first-order valence-corrected chi connectivity index (χ1v) is 7.65. The van der Waals surface area contributed by atoms with Crippen LogP contribution in [-0.4, -0.2) is 36.9 Å². The van der Waals surface area contributed by atoms with E-state index in [0.717, 1.165) is 5.56 Å². The predicted octanol–water partition coefficient (Wildman–Crippen LogP) is 2.85. The van der Waals surface area contributed by atoms with E-state index in [4.69, 9.17) is 20.8 Å². The zero-order valence-corrected chi connectivity index (χ0v) is 13.0. The van der Waals surface area contributed by atoms with Crippen LogP contribution >= 0.6 is 23.4 Å². The van der Waals surface area contributed by atoms with Gasteiger partial charge in [0, 0.05) is 24.2 Å². The first-order chi connectivity index (χ1) is 10.2. The standard InChI is InChI=1S/C14H15ClN2O3S/c1-19-7-6-16-13(18)9-21-14-17-8-12(20-14)10-2-4-11(15)5-3-10/h2-5,8H,6-7,9H2,1H3,(H,16,18). The molecule has 112 valence electrons. The minimum Gasteiger partial charge on any atom is -0.431 e. The van der Waals surface area contributed by atoms with Gasteiger partial charge in [-0.3, -0.25) is 4.79 Å². The maximum atomic E-state index is 11.5. The second kappa shape index (κ2) is 8.07. The molecule has 21 heavy (non-hydrogen) atoms. The molecule has 0 aliphatic carbocycles. The number of hydrogen-bond acceptors (Lipinski definition) is 5. The van der Waals surface area contributed by atoms with Crippen LogP contribution in [0.4, 0.5) is 0 Å². The lowest BCUT2D eigenvalue weighted by Gasteiger charge is -2.02. The third-order valence-corrected chi connectivity index (χ3v) is 3.66. The van der Waals surface area contributed by atoms with Crippen molar-refractivity contribution in [2.75, 3.05) is 26.0 Å². The van der Waals surface area contributed by atoms with Gasteiger partial charge in [-0.25, -0.2) is 4.98 Å². The molecule has 0 radical (unpaired) electrons. The van der Waals surface area contributed by atoms with Gasteiger partial charge in [-0.2, -0.15) is 0 Å². The van der Waals surface area contributed by atoms with Crippen LogP contribution in [0, 0.1) is 0 Å². The van der Waals surface area contributed by atoms with Crippen molar-refractivity contribution in [3.8, 4) is 11.3 Å². The molecule has 0 fully saturated rings. The summed E-state index contributed by atoms with van der Waals surface area (Å²) in [4.78, 5) is 15.7. The molecule has 5 nitrogen and oxygen atoms in total. The first kappa shape index (κ1) is 15.9. The van der Waals surface area contributed by atoms with Gasteiger partial charge in [-0.1, -0.05) is 23.4 Å². The van der Waals surface area contributed by atoms with Crippen LogP contribution in [0.15, 0.2) is 40.1 Å². The van der Waals surface area contributed by atoms with E-state index >= 15 is 0 Å². The molecule has 0 spiro atoms. The fraction of sp³-hybridized carbons (Fsp3) is 0.286. The lowest BCUT2D eigenvalue weighted by atomic mass is 10.2. The van der Waals surface area contributed by atoms with Crippen LogP contribution < -0.4 is 5.32 Å². The molecule has 2 aromatic rings. The van der Waals surface area contributed by atoms with Crippen molar-refractivity contribution in [2.24, 2.45) is 0 Å². The Labute approximate surface area is 132 Å². The minimum atomic E-state index is -0.0803. The molecular weight excluding hydrogens is 312 g/mol. The number of thioether (sulfide) groups is 1. The Kier molecular flexibility index (Phi) is 6.10. The van der Waals surface area contributed by atoms with E-state index in [1.807, 2.05) is 12.1 Å². The zero-order valence-electron chi connectivity index (χ0n) is 11.5. The van der Waals surface area contributed by atoms with E-state index in [-0.39, 0.29) is 11.7 Å². The van der Waals surface area contributed by atoms with Crippen molar-refractivity contribution in [2.45, 2.75) is 5.22 Å². The number of halogens is 1. The Morgan fingerprint density at radius 1 is 1.43 bits per heavy atom. The summed E-state index contributed by atoms with van der Waals surface area (Å²) in [6.07, 6.45) is 1.63. The first-order valence-electron chi connectivity index (χ1n) is 6.29. The van der Waals surface area contributed by atoms with Crippen molar-refractivity contribution < 1.29 is 13.9 Å². The quantitative estimate of drug-likeness (QED) is 0.626. The average Bonchev–Trinajstić information content (AvgIpc) is 2.95. The van der Waals surface area contributed by atoms with Crippen LogP contribution in [0.3, 0.4) is 0 Å². The van der Waals surface area contributed by atoms with Crippen molar-refractivity contribution in [1.29, 1.82) is 0 Å². The van der Waals surface area contributed by atoms with E-state index in [2.05, 4.69) is 10.3 Å². The van der Waals surface area contributed by atoms with E-state index in [1.54, 1.807) is 25.4 Å². The molecule has 0 saturated carbocycles. The summed E-state index contributed by atoms with van der Waals surface area (Å²) >= 11 is 7.09. The molecule has 1 N–H and O–H groups in total. The molecular formula is C14H15ClN2O3S. The number of aromatic nitrogens is 1. The number of nitrogens with zero attached hydrogens (tertiary/aromatic N) is 1. The number of nitrogens with one attached hydrogen (secondary N) is 1. The number of carbonyl (C=O) groups is 1.